The summed E-state index contributed by atoms with van der Waals surface area (Å²) in [4.78, 5) is 4.18. The number of allylic oxidation sites excluding steroid dienone is 1. The molecular weight excluding hydrogens is 248 g/mol. The zero-order valence-electron chi connectivity index (χ0n) is 11.0. The highest BCUT2D eigenvalue weighted by atomic mass is 16.5. The van der Waals surface area contributed by atoms with Crippen molar-refractivity contribution in [2.75, 3.05) is 6.61 Å². The van der Waals surface area contributed by atoms with Crippen molar-refractivity contribution in [2.24, 2.45) is 0 Å². The number of hydrogen-bond acceptors (Lipinski definition) is 3. The van der Waals surface area contributed by atoms with Gasteiger partial charge in [0.1, 0.15) is 18.4 Å². The van der Waals surface area contributed by atoms with Gasteiger partial charge < -0.3 is 4.74 Å². The van der Waals surface area contributed by atoms with E-state index in [1.807, 2.05) is 42.5 Å². The van der Waals surface area contributed by atoms with Gasteiger partial charge in [-0.25, -0.2) is 0 Å². The Morgan fingerprint density at radius 1 is 1.25 bits per heavy atom. The molecule has 2 aromatic rings. The van der Waals surface area contributed by atoms with Gasteiger partial charge in [-0.05, 0) is 35.9 Å². The molecule has 0 N–H and O–H groups in total. The first-order chi connectivity index (χ1) is 9.83. The molecule has 0 radical (unpaired) electrons. The summed E-state index contributed by atoms with van der Waals surface area (Å²) in [6.07, 6.45) is 5.18. The standard InChI is InChI=1S/C17H14N2O/c1-2-11-20-16-8-6-14(7-9-16)12-15(13-18)17-5-3-4-10-19-17/h2-10,12H,1,11H2. The molecule has 1 aromatic carbocycles. The normalized spacial score (nSPS) is 10.7. The largest absolute Gasteiger partial charge is 0.490 e. The van der Waals surface area contributed by atoms with Crippen molar-refractivity contribution in [3.05, 3.63) is 72.6 Å². The zero-order chi connectivity index (χ0) is 14.2. The number of aromatic nitrogens is 1. The number of ether oxygens (including phenoxy) is 1. The maximum absolute atomic E-state index is 9.22. The smallest absolute Gasteiger partial charge is 0.119 e. The number of nitriles is 1. The fourth-order valence-electron chi connectivity index (χ4n) is 1.67. The molecule has 3 nitrogen and oxygen atoms in total. The van der Waals surface area contributed by atoms with E-state index in [4.69, 9.17) is 4.74 Å². The molecule has 0 bridgehead atoms. The minimum absolute atomic E-state index is 0.479. The van der Waals surface area contributed by atoms with Crippen LogP contribution in [0.2, 0.25) is 0 Å². The minimum atomic E-state index is 0.479. The van der Waals surface area contributed by atoms with Gasteiger partial charge in [0.25, 0.3) is 0 Å². The van der Waals surface area contributed by atoms with Gasteiger partial charge in [0.15, 0.2) is 0 Å². The quantitative estimate of drug-likeness (QED) is 0.609. The van der Waals surface area contributed by atoms with Crippen molar-refractivity contribution >= 4 is 11.6 Å². The average molecular weight is 262 g/mol. The molecule has 98 valence electrons. The first-order valence-corrected chi connectivity index (χ1v) is 6.20. The Kier molecular flexibility index (Phi) is 4.69. The van der Waals surface area contributed by atoms with Gasteiger partial charge in [0.2, 0.25) is 0 Å². The van der Waals surface area contributed by atoms with Gasteiger partial charge in [-0.15, -0.1) is 0 Å². The summed E-state index contributed by atoms with van der Waals surface area (Å²) in [5, 5.41) is 9.22. The van der Waals surface area contributed by atoms with Crippen molar-refractivity contribution in [2.45, 2.75) is 0 Å². The van der Waals surface area contributed by atoms with E-state index in [-0.39, 0.29) is 0 Å². The third-order valence-corrected chi connectivity index (χ3v) is 2.62. The molecule has 20 heavy (non-hydrogen) atoms. The van der Waals surface area contributed by atoms with Gasteiger partial charge in [-0.1, -0.05) is 30.9 Å². The van der Waals surface area contributed by atoms with Crippen LogP contribution in [-0.4, -0.2) is 11.6 Å². The molecule has 0 saturated carbocycles. The fourth-order valence-corrected chi connectivity index (χ4v) is 1.67. The fraction of sp³-hybridized carbons (Fsp3) is 0.0588. The highest BCUT2D eigenvalue weighted by Gasteiger charge is 2.01. The van der Waals surface area contributed by atoms with E-state index in [9.17, 15) is 5.26 Å². The van der Waals surface area contributed by atoms with Gasteiger partial charge in [-0.2, -0.15) is 5.26 Å². The summed E-state index contributed by atoms with van der Waals surface area (Å²) >= 11 is 0. The van der Waals surface area contributed by atoms with Crippen molar-refractivity contribution < 1.29 is 4.74 Å². The lowest BCUT2D eigenvalue weighted by molar-refractivity contribution is 0.363. The molecule has 2 rings (SSSR count). The highest BCUT2D eigenvalue weighted by Crippen LogP contribution is 2.18. The van der Waals surface area contributed by atoms with E-state index in [2.05, 4.69) is 17.6 Å². The Bertz CT molecular complexity index is 637. The Hall–Kier alpha value is -2.86. The third kappa shape index (κ3) is 3.56. The van der Waals surface area contributed by atoms with E-state index in [1.165, 1.54) is 0 Å². The van der Waals surface area contributed by atoms with Crippen LogP contribution in [0.1, 0.15) is 11.3 Å². The summed E-state index contributed by atoms with van der Waals surface area (Å²) in [5.41, 5.74) is 2.13. The topological polar surface area (TPSA) is 45.9 Å². The highest BCUT2D eigenvalue weighted by molar-refractivity contribution is 5.88. The SMILES string of the molecule is C=CCOc1ccc(C=C(C#N)c2ccccn2)cc1. The van der Waals surface area contributed by atoms with Gasteiger partial charge in [-0.3, -0.25) is 4.98 Å². The Balaban J connectivity index is 2.21. The van der Waals surface area contributed by atoms with E-state index in [0.717, 1.165) is 11.3 Å². The summed E-state index contributed by atoms with van der Waals surface area (Å²) in [7, 11) is 0. The number of pyridine rings is 1. The van der Waals surface area contributed by atoms with Crippen molar-refractivity contribution in [3.63, 3.8) is 0 Å². The molecule has 0 amide bonds. The van der Waals surface area contributed by atoms with Crippen LogP contribution >= 0.6 is 0 Å². The van der Waals surface area contributed by atoms with Crippen LogP contribution in [0.3, 0.4) is 0 Å². The molecule has 1 aromatic heterocycles. The maximum Gasteiger partial charge on any atom is 0.119 e. The molecule has 0 aliphatic rings. The van der Waals surface area contributed by atoms with E-state index in [0.29, 0.717) is 17.9 Å². The second kappa shape index (κ2) is 6.91. The van der Waals surface area contributed by atoms with Crippen LogP contribution in [0.4, 0.5) is 0 Å². The molecular formula is C17H14N2O. The van der Waals surface area contributed by atoms with Gasteiger partial charge in [0.05, 0.1) is 11.3 Å². The molecule has 0 spiro atoms. The monoisotopic (exact) mass is 262 g/mol. The first-order valence-electron chi connectivity index (χ1n) is 6.20. The van der Waals surface area contributed by atoms with Crippen molar-refractivity contribution in [1.82, 2.24) is 4.98 Å². The van der Waals surface area contributed by atoms with Gasteiger partial charge in [0, 0.05) is 6.20 Å². The Labute approximate surface area is 118 Å². The predicted molar refractivity (Wildman–Crippen MR) is 79.9 cm³/mol. The molecule has 0 aliphatic carbocycles. The van der Waals surface area contributed by atoms with Crippen LogP contribution in [0.25, 0.3) is 11.6 Å². The predicted octanol–water partition coefficient (Wildman–Crippen LogP) is 3.71. The molecule has 3 heteroatoms. The summed E-state index contributed by atoms with van der Waals surface area (Å²) in [6, 6.07) is 15.2. The second-order valence-corrected chi connectivity index (χ2v) is 4.05. The summed E-state index contributed by atoms with van der Waals surface area (Å²) in [6.45, 7) is 4.08. The van der Waals surface area contributed by atoms with Gasteiger partial charge >= 0.3 is 0 Å². The van der Waals surface area contributed by atoms with Crippen LogP contribution < -0.4 is 4.74 Å². The molecule has 1 heterocycles. The third-order valence-electron chi connectivity index (χ3n) is 2.62. The van der Waals surface area contributed by atoms with Crippen LogP contribution in [0.5, 0.6) is 5.75 Å². The molecule has 0 aliphatic heterocycles. The second-order valence-electron chi connectivity index (χ2n) is 4.05. The average Bonchev–Trinajstić information content (AvgIpc) is 2.52. The molecule has 0 saturated heterocycles. The number of rotatable bonds is 5. The summed E-state index contributed by atoms with van der Waals surface area (Å²) in [5.74, 6) is 0.776. The van der Waals surface area contributed by atoms with E-state index < -0.39 is 0 Å². The number of benzene rings is 1. The number of hydrogen-bond donors (Lipinski definition) is 0. The van der Waals surface area contributed by atoms with Crippen LogP contribution in [0, 0.1) is 11.3 Å². The van der Waals surface area contributed by atoms with E-state index in [1.54, 1.807) is 18.3 Å². The maximum atomic E-state index is 9.22. The number of nitrogens with zero attached hydrogens (tertiary/aromatic N) is 2. The Morgan fingerprint density at radius 3 is 2.65 bits per heavy atom. The zero-order valence-corrected chi connectivity index (χ0v) is 11.0. The molecule has 0 atom stereocenters. The van der Waals surface area contributed by atoms with Crippen molar-refractivity contribution in [3.8, 4) is 11.8 Å². The lowest BCUT2D eigenvalue weighted by Gasteiger charge is -2.03. The lowest BCUT2D eigenvalue weighted by atomic mass is 10.1. The van der Waals surface area contributed by atoms with Crippen LogP contribution in [0.15, 0.2) is 61.3 Å². The molecule has 0 unspecified atom stereocenters. The van der Waals surface area contributed by atoms with Crippen LogP contribution in [-0.2, 0) is 0 Å². The lowest BCUT2D eigenvalue weighted by Crippen LogP contribution is -1.92. The van der Waals surface area contributed by atoms with Crippen molar-refractivity contribution in [1.29, 1.82) is 5.26 Å². The van der Waals surface area contributed by atoms with E-state index >= 15 is 0 Å². The Morgan fingerprint density at radius 2 is 2.05 bits per heavy atom. The summed E-state index contributed by atoms with van der Waals surface area (Å²) < 4.78 is 5.41. The first kappa shape index (κ1) is 13.6. The minimum Gasteiger partial charge on any atom is -0.490 e. The molecule has 0 fully saturated rings.